The van der Waals surface area contributed by atoms with Crippen LogP contribution in [0.25, 0.3) is 11.0 Å². The Labute approximate surface area is 166 Å². The number of nitrogens with zero attached hydrogens (tertiary/aromatic N) is 5. The Balaban J connectivity index is 1.53. The van der Waals surface area contributed by atoms with Gasteiger partial charge in [-0.05, 0) is 51.6 Å². The number of carbonyl (C=O) groups excluding carboxylic acids is 1. The zero-order valence-corrected chi connectivity index (χ0v) is 17.2. The number of fused-ring (bicyclic) bond motifs is 2. The van der Waals surface area contributed by atoms with Gasteiger partial charge in [0.15, 0.2) is 5.65 Å². The van der Waals surface area contributed by atoms with Gasteiger partial charge in [0, 0.05) is 43.8 Å². The third-order valence-electron chi connectivity index (χ3n) is 6.72. The van der Waals surface area contributed by atoms with Gasteiger partial charge in [0.2, 0.25) is 0 Å². The summed E-state index contributed by atoms with van der Waals surface area (Å²) >= 11 is 0. The standard InChI is InChI=1S/C22H31N5O/c1-3-4-10-27-21-20(15(2)24-27)18(13-19(23-21)16-7-8-16)22(28)26-12-11-25-9-5-6-17(25)14-26/h13,16-17H,3-12,14H2,1-2H3/t17-/m1/s1. The Kier molecular flexibility index (Phi) is 4.62. The molecule has 1 aliphatic carbocycles. The number of pyridine rings is 1. The molecule has 6 nitrogen and oxygen atoms in total. The number of unbranched alkanes of at least 4 members (excludes halogenated alkanes) is 1. The molecule has 2 saturated heterocycles. The summed E-state index contributed by atoms with van der Waals surface area (Å²) in [5.41, 5.74) is 3.77. The predicted molar refractivity (Wildman–Crippen MR) is 110 cm³/mol. The van der Waals surface area contributed by atoms with Crippen molar-refractivity contribution in [3.63, 3.8) is 0 Å². The largest absolute Gasteiger partial charge is 0.336 e. The van der Waals surface area contributed by atoms with Crippen LogP contribution in [-0.4, -0.2) is 62.7 Å². The molecule has 3 aliphatic rings. The average Bonchev–Trinajstić information content (AvgIpc) is 3.37. The van der Waals surface area contributed by atoms with Crippen LogP contribution in [0.15, 0.2) is 6.07 Å². The van der Waals surface area contributed by atoms with E-state index in [1.807, 2.05) is 11.6 Å². The SMILES string of the molecule is CCCCn1nc(C)c2c(C(=O)N3CCN4CCC[C@@H]4C3)cc(C3CC3)nc21. The van der Waals surface area contributed by atoms with Crippen molar-refractivity contribution < 1.29 is 4.79 Å². The van der Waals surface area contributed by atoms with Gasteiger partial charge in [0.05, 0.1) is 16.6 Å². The number of rotatable bonds is 5. The van der Waals surface area contributed by atoms with E-state index < -0.39 is 0 Å². The molecule has 0 radical (unpaired) electrons. The van der Waals surface area contributed by atoms with Crippen LogP contribution in [0.4, 0.5) is 0 Å². The van der Waals surface area contributed by atoms with Crippen LogP contribution < -0.4 is 0 Å². The fraction of sp³-hybridized carbons (Fsp3) is 0.682. The van der Waals surface area contributed by atoms with E-state index in [9.17, 15) is 4.79 Å². The second-order valence-electron chi connectivity index (χ2n) is 8.81. The molecule has 6 heteroatoms. The van der Waals surface area contributed by atoms with E-state index in [1.54, 1.807) is 0 Å². The van der Waals surface area contributed by atoms with Crippen LogP contribution in [0.1, 0.15) is 73.1 Å². The van der Waals surface area contributed by atoms with Gasteiger partial charge in [-0.3, -0.25) is 9.69 Å². The molecule has 28 heavy (non-hydrogen) atoms. The molecule has 2 aliphatic heterocycles. The summed E-state index contributed by atoms with van der Waals surface area (Å²) in [7, 11) is 0. The van der Waals surface area contributed by atoms with Gasteiger partial charge in [-0.15, -0.1) is 0 Å². The first-order valence-electron chi connectivity index (χ1n) is 11.1. The molecule has 0 N–H and O–H groups in total. The Morgan fingerprint density at radius 1 is 1.21 bits per heavy atom. The quantitative estimate of drug-likeness (QED) is 0.797. The first kappa shape index (κ1) is 18.1. The molecule has 1 saturated carbocycles. The highest BCUT2D eigenvalue weighted by Crippen LogP contribution is 2.40. The lowest BCUT2D eigenvalue weighted by molar-refractivity contribution is 0.0573. The van der Waals surface area contributed by atoms with Crippen molar-refractivity contribution >= 4 is 16.9 Å². The second-order valence-corrected chi connectivity index (χ2v) is 8.81. The van der Waals surface area contributed by atoms with Gasteiger partial charge in [-0.2, -0.15) is 5.10 Å². The van der Waals surface area contributed by atoms with Gasteiger partial charge < -0.3 is 4.90 Å². The maximum Gasteiger partial charge on any atom is 0.254 e. The zero-order valence-electron chi connectivity index (χ0n) is 17.2. The smallest absolute Gasteiger partial charge is 0.254 e. The van der Waals surface area contributed by atoms with Gasteiger partial charge >= 0.3 is 0 Å². The lowest BCUT2D eigenvalue weighted by atomic mass is 10.0. The van der Waals surface area contributed by atoms with Crippen molar-refractivity contribution in [2.45, 2.75) is 70.9 Å². The number of aromatic nitrogens is 3. The second kappa shape index (κ2) is 7.14. The van der Waals surface area contributed by atoms with Gasteiger partial charge in [0.25, 0.3) is 5.91 Å². The van der Waals surface area contributed by atoms with E-state index in [1.165, 1.54) is 32.2 Å². The summed E-state index contributed by atoms with van der Waals surface area (Å²) in [5, 5.41) is 5.74. The molecule has 0 spiro atoms. The molecule has 150 valence electrons. The predicted octanol–water partition coefficient (Wildman–Crippen LogP) is 3.34. The fourth-order valence-corrected chi connectivity index (χ4v) is 4.94. The first-order valence-corrected chi connectivity index (χ1v) is 11.1. The summed E-state index contributed by atoms with van der Waals surface area (Å²) in [6.07, 6.45) is 7.07. The van der Waals surface area contributed by atoms with E-state index in [-0.39, 0.29) is 5.91 Å². The fourth-order valence-electron chi connectivity index (χ4n) is 4.94. The highest BCUT2D eigenvalue weighted by molar-refractivity contribution is 6.06. The molecule has 1 amide bonds. The molecular weight excluding hydrogens is 350 g/mol. The molecular formula is C22H31N5O. The molecule has 0 bridgehead atoms. The van der Waals surface area contributed by atoms with Crippen molar-refractivity contribution in [3.8, 4) is 0 Å². The van der Waals surface area contributed by atoms with Gasteiger partial charge in [0.1, 0.15) is 0 Å². The number of hydrogen-bond acceptors (Lipinski definition) is 4. The van der Waals surface area contributed by atoms with Crippen molar-refractivity contribution in [1.29, 1.82) is 0 Å². The minimum absolute atomic E-state index is 0.180. The third-order valence-corrected chi connectivity index (χ3v) is 6.72. The van der Waals surface area contributed by atoms with Crippen LogP contribution in [-0.2, 0) is 6.54 Å². The normalized spacial score (nSPS) is 22.8. The highest BCUT2D eigenvalue weighted by atomic mass is 16.2. The average molecular weight is 382 g/mol. The van der Waals surface area contributed by atoms with Gasteiger partial charge in [-0.1, -0.05) is 13.3 Å². The van der Waals surface area contributed by atoms with Crippen LogP contribution in [0.3, 0.4) is 0 Å². The lowest BCUT2D eigenvalue weighted by Crippen LogP contribution is -2.52. The van der Waals surface area contributed by atoms with E-state index >= 15 is 0 Å². The van der Waals surface area contributed by atoms with Crippen molar-refractivity contribution in [1.82, 2.24) is 24.6 Å². The molecule has 4 heterocycles. The molecule has 2 aromatic heterocycles. The summed E-state index contributed by atoms with van der Waals surface area (Å²) in [5.74, 6) is 0.705. The molecule has 3 fully saturated rings. The number of amides is 1. The van der Waals surface area contributed by atoms with Crippen LogP contribution in [0.2, 0.25) is 0 Å². The highest BCUT2D eigenvalue weighted by Gasteiger charge is 2.35. The first-order chi connectivity index (χ1) is 13.7. The van der Waals surface area contributed by atoms with E-state index in [4.69, 9.17) is 10.1 Å². The number of piperazine rings is 1. The summed E-state index contributed by atoms with van der Waals surface area (Å²) in [4.78, 5) is 23.2. The maximum atomic E-state index is 13.6. The Morgan fingerprint density at radius 2 is 2.07 bits per heavy atom. The van der Waals surface area contributed by atoms with E-state index in [0.717, 1.165) is 67.0 Å². The topological polar surface area (TPSA) is 54.3 Å². The number of hydrogen-bond donors (Lipinski definition) is 0. The minimum Gasteiger partial charge on any atom is -0.336 e. The molecule has 0 aromatic carbocycles. The maximum absolute atomic E-state index is 13.6. The Hall–Kier alpha value is -1.95. The minimum atomic E-state index is 0.180. The number of aryl methyl sites for hydroxylation is 2. The van der Waals surface area contributed by atoms with E-state index in [0.29, 0.717) is 12.0 Å². The van der Waals surface area contributed by atoms with Crippen LogP contribution in [0, 0.1) is 6.92 Å². The van der Waals surface area contributed by atoms with Gasteiger partial charge in [-0.25, -0.2) is 9.67 Å². The van der Waals surface area contributed by atoms with Crippen LogP contribution in [0.5, 0.6) is 0 Å². The van der Waals surface area contributed by atoms with Crippen molar-refractivity contribution in [3.05, 3.63) is 23.0 Å². The van der Waals surface area contributed by atoms with Crippen molar-refractivity contribution in [2.75, 3.05) is 26.2 Å². The Bertz CT molecular complexity index is 900. The Morgan fingerprint density at radius 3 is 2.86 bits per heavy atom. The van der Waals surface area contributed by atoms with E-state index in [2.05, 4.69) is 22.8 Å². The molecule has 2 aromatic rings. The summed E-state index contributed by atoms with van der Waals surface area (Å²) in [6, 6.07) is 2.63. The molecule has 5 rings (SSSR count). The summed E-state index contributed by atoms with van der Waals surface area (Å²) in [6.45, 7) is 8.99. The monoisotopic (exact) mass is 381 g/mol. The van der Waals surface area contributed by atoms with Crippen molar-refractivity contribution in [2.24, 2.45) is 0 Å². The molecule has 1 atom stereocenters. The summed E-state index contributed by atoms with van der Waals surface area (Å²) < 4.78 is 2.03. The third kappa shape index (κ3) is 3.11. The van der Waals surface area contributed by atoms with Crippen LogP contribution >= 0.6 is 0 Å². The lowest BCUT2D eigenvalue weighted by Gasteiger charge is -2.37. The number of carbonyl (C=O) groups is 1. The molecule has 0 unspecified atom stereocenters. The zero-order chi connectivity index (χ0) is 19.3.